The number of likely N-dealkylation sites (N-methyl/N-ethyl adjacent to an activating group) is 1. The van der Waals surface area contributed by atoms with Crippen LogP contribution in [-0.4, -0.2) is 46.3 Å². The fourth-order valence-electron chi connectivity index (χ4n) is 2.91. The number of anilines is 1. The summed E-state index contributed by atoms with van der Waals surface area (Å²) in [6.45, 7) is 4.29. The van der Waals surface area contributed by atoms with E-state index in [4.69, 9.17) is 0 Å². The third kappa shape index (κ3) is 3.47. The quantitative estimate of drug-likeness (QED) is 0.893. The van der Waals surface area contributed by atoms with Crippen LogP contribution in [0.4, 0.5) is 14.9 Å². The standard InChI is InChI=1S/C17H20FN5O2/c1-10-8-11(2)23(21-10)15-5-4-12(9-13(15)18)19-17(25)20-14-6-7-22(3)16(14)24/h4-5,8-9,14H,6-7H2,1-3H3,(H2,19,20,25)/t14-/m0/s1. The maximum absolute atomic E-state index is 14.4. The summed E-state index contributed by atoms with van der Waals surface area (Å²) in [6, 6.07) is 5.16. The third-order valence-electron chi connectivity index (χ3n) is 4.18. The highest BCUT2D eigenvalue weighted by molar-refractivity contribution is 5.94. The molecule has 1 aromatic carbocycles. The third-order valence-corrected chi connectivity index (χ3v) is 4.18. The number of aryl methyl sites for hydroxylation is 2. The fourth-order valence-corrected chi connectivity index (χ4v) is 2.91. The van der Waals surface area contributed by atoms with Gasteiger partial charge in [-0.05, 0) is 44.5 Å². The van der Waals surface area contributed by atoms with Crippen molar-refractivity contribution in [3.05, 3.63) is 41.5 Å². The molecule has 0 bridgehead atoms. The Hall–Kier alpha value is -2.90. The van der Waals surface area contributed by atoms with Gasteiger partial charge in [0.15, 0.2) is 5.82 Å². The van der Waals surface area contributed by atoms with E-state index in [-0.39, 0.29) is 5.91 Å². The second-order valence-corrected chi connectivity index (χ2v) is 6.20. The van der Waals surface area contributed by atoms with Crippen LogP contribution in [-0.2, 0) is 4.79 Å². The molecule has 3 amide bonds. The Bertz CT molecular complexity index is 832. The maximum Gasteiger partial charge on any atom is 0.319 e. The van der Waals surface area contributed by atoms with E-state index < -0.39 is 17.9 Å². The molecule has 132 valence electrons. The lowest BCUT2D eigenvalue weighted by Gasteiger charge is -2.14. The summed E-state index contributed by atoms with van der Waals surface area (Å²) < 4.78 is 15.9. The molecule has 2 N–H and O–H groups in total. The number of likely N-dealkylation sites (tertiary alicyclic amines) is 1. The normalized spacial score (nSPS) is 17.0. The molecule has 8 heteroatoms. The van der Waals surface area contributed by atoms with Gasteiger partial charge in [0.1, 0.15) is 11.7 Å². The molecule has 0 aliphatic carbocycles. The fraction of sp³-hybridized carbons (Fsp3) is 0.353. The number of nitrogens with one attached hydrogen (secondary N) is 2. The molecular formula is C17H20FN5O2. The highest BCUT2D eigenvalue weighted by Gasteiger charge is 2.30. The first kappa shape index (κ1) is 16.9. The first-order valence-electron chi connectivity index (χ1n) is 8.01. The smallest absolute Gasteiger partial charge is 0.319 e. The maximum atomic E-state index is 14.4. The van der Waals surface area contributed by atoms with Crippen LogP contribution in [0.2, 0.25) is 0 Å². The van der Waals surface area contributed by atoms with E-state index in [9.17, 15) is 14.0 Å². The van der Waals surface area contributed by atoms with Gasteiger partial charge in [-0.25, -0.2) is 13.9 Å². The number of carbonyl (C=O) groups is 2. The Balaban J connectivity index is 1.70. The molecule has 2 heterocycles. The molecule has 1 atom stereocenters. The molecule has 1 aromatic heterocycles. The summed E-state index contributed by atoms with van der Waals surface area (Å²) in [4.78, 5) is 25.4. The van der Waals surface area contributed by atoms with Gasteiger partial charge in [-0.15, -0.1) is 0 Å². The second kappa shape index (κ2) is 6.54. The summed E-state index contributed by atoms with van der Waals surface area (Å²) in [5.74, 6) is -0.623. The summed E-state index contributed by atoms with van der Waals surface area (Å²) in [6.07, 6.45) is 0.563. The Kier molecular flexibility index (Phi) is 4.43. The van der Waals surface area contributed by atoms with Crippen molar-refractivity contribution in [1.29, 1.82) is 0 Å². The first-order chi connectivity index (χ1) is 11.8. The predicted molar refractivity (Wildman–Crippen MR) is 91.2 cm³/mol. The van der Waals surface area contributed by atoms with Crippen LogP contribution in [0.25, 0.3) is 5.69 Å². The van der Waals surface area contributed by atoms with Gasteiger partial charge in [0.2, 0.25) is 5.91 Å². The topological polar surface area (TPSA) is 79.3 Å². The van der Waals surface area contributed by atoms with Gasteiger partial charge in [0.05, 0.1) is 5.69 Å². The lowest BCUT2D eigenvalue weighted by atomic mass is 10.2. The van der Waals surface area contributed by atoms with E-state index in [0.717, 1.165) is 11.4 Å². The van der Waals surface area contributed by atoms with Crippen LogP contribution in [0.5, 0.6) is 0 Å². The van der Waals surface area contributed by atoms with Crippen molar-refractivity contribution in [3.63, 3.8) is 0 Å². The number of urea groups is 1. The van der Waals surface area contributed by atoms with Crippen molar-refractivity contribution < 1.29 is 14.0 Å². The highest BCUT2D eigenvalue weighted by atomic mass is 19.1. The minimum Gasteiger partial charge on any atom is -0.344 e. The number of halogens is 1. The molecule has 1 aliphatic heterocycles. The summed E-state index contributed by atoms with van der Waals surface area (Å²) >= 11 is 0. The highest BCUT2D eigenvalue weighted by Crippen LogP contribution is 2.20. The molecule has 25 heavy (non-hydrogen) atoms. The number of hydrogen-bond donors (Lipinski definition) is 2. The Morgan fingerprint density at radius 3 is 2.64 bits per heavy atom. The van der Waals surface area contributed by atoms with Crippen molar-refractivity contribution in [3.8, 4) is 5.69 Å². The van der Waals surface area contributed by atoms with E-state index in [1.165, 1.54) is 10.7 Å². The van der Waals surface area contributed by atoms with Crippen molar-refractivity contribution in [2.75, 3.05) is 18.9 Å². The molecule has 1 saturated heterocycles. The number of benzene rings is 1. The van der Waals surface area contributed by atoms with E-state index >= 15 is 0 Å². The van der Waals surface area contributed by atoms with Gasteiger partial charge in [0.25, 0.3) is 0 Å². The van der Waals surface area contributed by atoms with E-state index in [1.807, 2.05) is 19.9 Å². The molecule has 0 saturated carbocycles. The van der Waals surface area contributed by atoms with Gasteiger partial charge >= 0.3 is 6.03 Å². The van der Waals surface area contributed by atoms with Crippen LogP contribution in [0.15, 0.2) is 24.3 Å². The van der Waals surface area contributed by atoms with Crippen molar-refractivity contribution >= 4 is 17.6 Å². The molecule has 1 aliphatic rings. The van der Waals surface area contributed by atoms with Crippen molar-refractivity contribution in [2.24, 2.45) is 0 Å². The Morgan fingerprint density at radius 1 is 1.32 bits per heavy atom. The van der Waals surface area contributed by atoms with Gasteiger partial charge in [-0.2, -0.15) is 5.10 Å². The minimum absolute atomic E-state index is 0.124. The number of nitrogens with zero attached hydrogens (tertiary/aromatic N) is 3. The summed E-state index contributed by atoms with van der Waals surface area (Å²) in [7, 11) is 1.69. The van der Waals surface area contributed by atoms with Crippen molar-refractivity contribution in [1.82, 2.24) is 20.0 Å². The van der Waals surface area contributed by atoms with Gasteiger partial charge < -0.3 is 15.5 Å². The predicted octanol–water partition coefficient (Wildman–Crippen LogP) is 1.98. The average Bonchev–Trinajstić information content (AvgIpc) is 3.03. The number of aromatic nitrogens is 2. The van der Waals surface area contributed by atoms with E-state index in [2.05, 4.69) is 15.7 Å². The monoisotopic (exact) mass is 345 g/mol. The number of hydrogen-bond acceptors (Lipinski definition) is 3. The largest absolute Gasteiger partial charge is 0.344 e. The van der Waals surface area contributed by atoms with E-state index in [1.54, 1.807) is 24.1 Å². The molecule has 3 rings (SSSR count). The number of rotatable bonds is 3. The zero-order valence-electron chi connectivity index (χ0n) is 14.3. The lowest BCUT2D eigenvalue weighted by molar-refractivity contribution is -0.128. The van der Waals surface area contributed by atoms with Crippen molar-refractivity contribution in [2.45, 2.75) is 26.3 Å². The van der Waals surface area contributed by atoms with Crippen LogP contribution in [0.3, 0.4) is 0 Å². The van der Waals surface area contributed by atoms with Gasteiger partial charge in [0, 0.05) is 25.0 Å². The van der Waals surface area contributed by atoms with Gasteiger partial charge in [-0.3, -0.25) is 4.79 Å². The first-order valence-corrected chi connectivity index (χ1v) is 8.01. The Morgan fingerprint density at radius 2 is 2.08 bits per heavy atom. The second-order valence-electron chi connectivity index (χ2n) is 6.20. The van der Waals surface area contributed by atoms with Crippen LogP contribution in [0.1, 0.15) is 17.8 Å². The lowest BCUT2D eigenvalue weighted by Crippen LogP contribution is -2.42. The molecule has 7 nitrogen and oxygen atoms in total. The molecule has 1 fully saturated rings. The van der Waals surface area contributed by atoms with Crippen LogP contribution >= 0.6 is 0 Å². The molecule has 0 radical (unpaired) electrons. The van der Waals surface area contributed by atoms with E-state index in [0.29, 0.717) is 24.3 Å². The number of amides is 3. The SMILES string of the molecule is Cc1cc(C)n(-c2ccc(NC(=O)N[C@H]3CCN(C)C3=O)cc2F)n1. The zero-order valence-corrected chi connectivity index (χ0v) is 14.3. The van der Waals surface area contributed by atoms with Crippen LogP contribution in [0, 0.1) is 19.7 Å². The summed E-state index contributed by atoms with van der Waals surface area (Å²) in [5.41, 5.74) is 2.23. The zero-order chi connectivity index (χ0) is 18.1. The molecule has 2 aromatic rings. The van der Waals surface area contributed by atoms with Crippen LogP contribution < -0.4 is 10.6 Å². The molecule has 0 unspecified atom stereocenters. The number of carbonyl (C=O) groups excluding carboxylic acids is 2. The van der Waals surface area contributed by atoms with Gasteiger partial charge in [-0.1, -0.05) is 0 Å². The molecular weight excluding hydrogens is 325 g/mol. The minimum atomic E-state index is -0.538. The average molecular weight is 345 g/mol. The Labute approximate surface area is 144 Å². The molecule has 0 spiro atoms. The summed E-state index contributed by atoms with van der Waals surface area (Å²) in [5, 5.41) is 9.41.